The van der Waals surface area contributed by atoms with E-state index in [-0.39, 0.29) is 23.9 Å². The lowest BCUT2D eigenvalue weighted by Gasteiger charge is -1.99. The van der Waals surface area contributed by atoms with Crippen molar-refractivity contribution in [1.82, 2.24) is 0 Å². The second-order valence-corrected chi connectivity index (χ2v) is 3.71. The average Bonchev–Trinajstić information content (AvgIpc) is 2.38. The molecule has 0 aromatic heterocycles. The summed E-state index contributed by atoms with van der Waals surface area (Å²) in [5.41, 5.74) is 0.850. The number of rotatable bonds is 7. The summed E-state index contributed by atoms with van der Waals surface area (Å²) in [6.45, 7) is 2.19. The Hall–Kier alpha value is -1.81. The van der Waals surface area contributed by atoms with E-state index in [4.69, 9.17) is 10.1 Å². The molecule has 0 bridgehead atoms. The van der Waals surface area contributed by atoms with Crippen LogP contribution in [-0.4, -0.2) is 24.7 Å². The molecule has 0 fully saturated rings. The quantitative estimate of drug-likeness (QED) is 0.755. The fourth-order valence-electron chi connectivity index (χ4n) is 1.30. The van der Waals surface area contributed by atoms with Crippen LogP contribution in [0.5, 0.6) is 0 Å². The van der Waals surface area contributed by atoms with E-state index in [1.165, 1.54) is 18.2 Å². The third-order valence-corrected chi connectivity index (χ3v) is 2.29. The van der Waals surface area contributed by atoms with Gasteiger partial charge in [-0.25, -0.2) is 4.39 Å². The van der Waals surface area contributed by atoms with Crippen LogP contribution in [0.25, 0.3) is 0 Å². The van der Waals surface area contributed by atoms with Crippen molar-refractivity contribution < 1.29 is 13.9 Å². The van der Waals surface area contributed by atoms with Crippen molar-refractivity contribution >= 4 is 11.5 Å². The minimum atomic E-state index is -0.341. The minimum absolute atomic E-state index is 0.0593. The van der Waals surface area contributed by atoms with E-state index in [2.05, 4.69) is 0 Å². The Morgan fingerprint density at radius 1 is 1.39 bits per heavy atom. The van der Waals surface area contributed by atoms with Crippen LogP contribution in [0.4, 0.5) is 4.39 Å². The Morgan fingerprint density at radius 2 is 2.06 bits per heavy atom. The molecule has 4 heteroatoms. The van der Waals surface area contributed by atoms with Gasteiger partial charge in [0.1, 0.15) is 12.4 Å². The van der Waals surface area contributed by atoms with Crippen LogP contribution in [0, 0.1) is 11.2 Å². The predicted octanol–water partition coefficient (Wildman–Crippen LogP) is 2.55. The van der Waals surface area contributed by atoms with Gasteiger partial charge in [-0.3, -0.25) is 10.2 Å². The number of halogens is 1. The van der Waals surface area contributed by atoms with E-state index in [0.717, 1.165) is 5.56 Å². The first-order valence-electron chi connectivity index (χ1n) is 5.74. The Kier molecular flexibility index (Phi) is 5.94. The molecule has 0 unspecified atom stereocenters. The topological polar surface area (TPSA) is 50.2 Å². The highest BCUT2D eigenvalue weighted by atomic mass is 19.1. The average molecular weight is 249 g/mol. The SMILES string of the molecule is CCOCC(=O)C(=N)/C=C/Cc1ccc(F)cc1. The van der Waals surface area contributed by atoms with Crippen LogP contribution in [-0.2, 0) is 16.0 Å². The zero-order valence-corrected chi connectivity index (χ0v) is 10.3. The second-order valence-electron chi connectivity index (χ2n) is 3.71. The Bertz CT molecular complexity index is 438. The van der Waals surface area contributed by atoms with Crippen LogP contribution in [0.15, 0.2) is 36.4 Å². The summed E-state index contributed by atoms with van der Waals surface area (Å²) in [5.74, 6) is -0.616. The van der Waals surface area contributed by atoms with Crippen molar-refractivity contribution in [3.8, 4) is 0 Å². The van der Waals surface area contributed by atoms with Crippen LogP contribution >= 0.6 is 0 Å². The predicted molar refractivity (Wildman–Crippen MR) is 68.5 cm³/mol. The van der Waals surface area contributed by atoms with E-state index in [0.29, 0.717) is 13.0 Å². The standard InChI is InChI=1S/C14H16FNO2/c1-2-18-10-14(17)13(16)5-3-4-11-6-8-12(15)9-7-11/h3,5-9,16H,2,4,10H2,1H3/b5-3+,16-13?. The highest BCUT2D eigenvalue weighted by Gasteiger charge is 2.05. The number of hydrogen-bond donors (Lipinski definition) is 1. The molecule has 0 spiro atoms. The molecule has 0 heterocycles. The number of ether oxygens (including phenoxy) is 1. The number of nitrogens with one attached hydrogen (secondary N) is 1. The third kappa shape index (κ3) is 5.01. The van der Waals surface area contributed by atoms with Crippen LogP contribution in [0.2, 0.25) is 0 Å². The third-order valence-electron chi connectivity index (χ3n) is 2.29. The number of Topliss-reactive ketones (excluding diaryl/α,β-unsaturated/α-hetero) is 1. The van der Waals surface area contributed by atoms with Gasteiger partial charge in [-0.2, -0.15) is 0 Å². The van der Waals surface area contributed by atoms with Crippen molar-refractivity contribution in [2.75, 3.05) is 13.2 Å². The molecule has 0 saturated heterocycles. The smallest absolute Gasteiger partial charge is 0.205 e. The van der Waals surface area contributed by atoms with E-state index >= 15 is 0 Å². The van der Waals surface area contributed by atoms with Gasteiger partial charge in [0, 0.05) is 6.61 Å². The molecular formula is C14H16FNO2. The van der Waals surface area contributed by atoms with Crippen LogP contribution in [0.1, 0.15) is 12.5 Å². The fraction of sp³-hybridized carbons (Fsp3) is 0.286. The number of ketones is 1. The Balaban J connectivity index is 2.42. The van der Waals surface area contributed by atoms with Gasteiger partial charge in [-0.15, -0.1) is 0 Å². The number of allylic oxidation sites excluding steroid dienone is 2. The highest BCUT2D eigenvalue weighted by Crippen LogP contribution is 2.04. The maximum Gasteiger partial charge on any atom is 0.205 e. The molecule has 0 radical (unpaired) electrons. The summed E-state index contributed by atoms with van der Waals surface area (Å²) >= 11 is 0. The van der Waals surface area contributed by atoms with E-state index < -0.39 is 0 Å². The summed E-state index contributed by atoms with van der Waals surface area (Å²) in [5, 5.41) is 7.50. The number of carbonyl (C=O) groups excluding carboxylic acids is 1. The molecule has 0 aliphatic carbocycles. The summed E-state index contributed by atoms with van der Waals surface area (Å²) in [6, 6.07) is 6.11. The summed E-state index contributed by atoms with van der Waals surface area (Å²) in [4.78, 5) is 11.3. The molecule has 0 amide bonds. The van der Waals surface area contributed by atoms with E-state index in [1.807, 2.05) is 0 Å². The first-order valence-corrected chi connectivity index (χ1v) is 5.74. The molecular weight excluding hydrogens is 233 g/mol. The molecule has 0 atom stereocenters. The first kappa shape index (κ1) is 14.3. The van der Waals surface area contributed by atoms with Gasteiger partial charge in [0.25, 0.3) is 0 Å². The molecule has 1 N–H and O–H groups in total. The molecule has 0 aliphatic rings. The number of benzene rings is 1. The zero-order chi connectivity index (χ0) is 13.4. The zero-order valence-electron chi connectivity index (χ0n) is 10.3. The summed E-state index contributed by atoms with van der Waals surface area (Å²) in [7, 11) is 0. The largest absolute Gasteiger partial charge is 0.374 e. The minimum Gasteiger partial charge on any atom is -0.374 e. The lowest BCUT2D eigenvalue weighted by molar-refractivity contribution is -0.117. The number of hydrogen-bond acceptors (Lipinski definition) is 3. The van der Waals surface area contributed by atoms with Gasteiger partial charge >= 0.3 is 0 Å². The lowest BCUT2D eigenvalue weighted by atomic mass is 10.1. The van der Waals surface area contributed by atoms with Crippen molar-refractivity contribution in [2.24, 2.45) is 0 Å². The molecule has 18 heavy (non-hydrogen) atoms. The molecule has 1 aromatic carbocycles. The molecule has 1 aromatic rings. The molecule has 0 saturated carbocycles. The Labute approximate surface area is 106 Å². The molecule has 3 nitrogen and oxygen atoms in total. The van der Waals surface area contributed by atoms with Crippen molar-refractivity contribution in [3.63, 3.8) is 0 Å². The van der Waals surface area contributed by atoms with Crippen molar-refractivity contribution in [3.05, 3.63) is 47.8 Å². The van der Waals surface area contributed by atoms with Gasteiger partial charge < -0.3 is 4.74 Å². The molecule has 0 aliphatic heterocycles. The van der Waals surface area contributed by atoms with Gasteiger partial charge in [0.05, 0.1) is 5.71 Å². The molecule has 1 rings (SSSR count). The summed E-state index contributed by atoms with van der Waals surface area (Å²) < 4.78 is 17.6. The van der Waals surface area contributed by atoms with Crippen LogP contribution in [0.3, 0.4) is 0 Å². The molecule has 96 valence electrons. The van der Waals surface area contributed by atoms with Gasteiger partial charge in [-0.1, -0.05) is 18.2 Å². The fourth-order valence-corrected chi connectivity index (χ4v) is 1.30. The maximum atomic E-state index is 12.7. The summed E-state index contributed by atoms with van der Waals surface area (Å²) in [6.07, 6.45) is 3.72. The van der Waals surface area contributed by atoms with Crippen LogP contribution < -0.4 is 0 Å². The van der Waals surface area contributed by atoms with Gasteiger partial charge in [0.15, 0.2) is 0 Å². The van der Waals surface area contributed by atoms with Crippen molar-refractivity contribution in [2.45, 2.75) is 13.3 Å². The Morgan fingerprint density at radius 3 is 2.67 bits per heavy atom. The van der Waals surface area contributed by atoms with Gasteiger partial charge in [0.2, 0.25) is 5.78 Å². The number of carbonyl (C=O) groups is 1. The first-order chi connectivity index (χ1) is 8.63. The highest BCUT2D eigenvalue weighted by molar-refractivity contribution is 6.43. The van der Waals surface area contributed by atoms with E-state index in [1.54, 1.807) is 25.1 Å². The van der Waals surface area contributed by atoms with Gasteiger partial charge in [-0.05, 0) is 37.1 Å². The monoisotopic (exact) mass is 249 g/mol. The van der Waals surface area contributed by atoms with E-state index in [9.17, 15) is 9.18 Å². The lowest BCUT2D eigenvalue weighted by Crippen LogP contribution is -2.17. The normalized spacial score (nSPS) is 10.8. The van der Waals surface area contributed by atoms with Crippen molar-refractivity contribution in [1.29, 1.82) is 5.41 Å². The second kappa shape index (κ2) is 7.50. The maximum absolute atomic E-state index is 12.7.